The Morgan fingerprint density at radius 3 is 2.81 bits per heavy atom. The summed E-state index contributed by atoms with van der Waals surface area (Å²) in [5.74, 6) is 0.815. The quantitative estimate of drug-likeness (QED) is 0.882. The van der Waals surface area contributed by atoms with E-state index in [4.69, 9.17) is 9.47 Å². The number of ether oxygens (including phenoxy) is 2. The molecule has 3 nitrogen and oxygen atoms in total. The van der Waals surface area contributed by atoms with Gasteiger partial charge in [0.15, 0.2) is 0 Å². The minimum absolute atomic E-state index is 0.312. The van der Waals surface area contributed by atoms with Crippen LogP contribution in [-0.2, 0) is 0 Å². The van der Waals surface area contributed by atoms with Gasteiger partial charge < -0.3 is 14.6 Å². The van der Waals surface area contributed by atoms with E-state index in [1.165, 1.54) is 6.07 Å². The Balaban J connectivity index is 1.98. The highest BCUT2D eigenvalue weighted by Crippen LogP contribution is 2.43. The summed E-state index contributed by atoms with van der Waals surface area (Å²) in [5.41, 5.74) is 1.12. The average Bonchev–Trinajstić information content (AvgIpc) is 2.49. The number of hydrogen-bond donors (Lipinski definition) is 1. The standard InChI is InChI=1S/C16H14BrFO3/c1-20-10-3-4-11-14(19)8-16(21-15(11)7-10)12-6-9(17)2-5-13(12)18/h2-7,14,16,19H,8H2,1H3/t14-,16?/m0/s1. The van der Waals surface area contributed by atoms with Crippen molar-refractivity contribution < 1.29 is 19.0 Å². The Bertz CT molecular complexity index is 675. The second-order valence-corrected chi connectivity index (χ2v) is 5.84. The van der Waals surface area contributed by atoms with Gasteiger partial charge in [-0.05, 0) is 30.3 Å². The number of aliphatic hydroxyl groups is 1. The third-order valence-corrected chi connectivity index (χ3v) is 4.08. The molecule has 0 amide bonds. The summed E-state index contributed by atoms with van der Waals surface area (Å²) in [7, 11) is 1.56. The number of fused-ring (bicyclic) bond motifs is 1. The fraction of sp³-hybridized carbons (Fsp3) is 0.250. The number of aliphatic hydroxyl groups excluding tert-OH is 1. The van der Waals surface area contributed by atoms with E-state index < -0.39 is 12.2 Å². The molecule has 3 rings (SSSR count). The van der Waals surface area contributed by atoms with Gasteiger partial charge in [-0.15, -0.1) is 0 Å². The molecule has 0 saturated heterocycles. The Morgan fingerprint density at radius 1 is 1.24 bits per heavy atom. The normalized spacial score (nSPS) is 20.6. The highest BCUT2D eigenvalue weighted by atomic mass is 79.9. The zero-order valence-electron chi connectivity index (χ0n) is 11.3. The maximum absolute atomic E-state index is 14.0. The van der Waals surface area contributed by atoms with Crippen LogP contribution in [0.25, 0.3) is 0 Å². The summed E-state index contributed by atoms with van der Waals surface area (Å²) in [5, 5.41) is 10.3. The first-order valence-corrected chi connectivity index (χ1v) is 7.35. The van der Waals surface area contributed by atoms with Gasteiger partial charge in [0, 0.05) is 28.1 Å². The van der Waals surface area contributed by atoms with Crippen molar-refractivity contribution in [2.24, 2.45) is 0 Å². The molecule has 0 saturated carbocycles. The van der Waals surface area contributed by atoms with Crippen LogP contribution in [0.3, 0.4) is 0 Å². The lowest BCUT2D eigenvalue weighted by atomic mass is 9.94. The van der Waals surface area contributed by atoms with E-state index in [0.717, 1.165) is 4.47 Å². The van der Waals surface area contributed by atoms with Crippen LogP contribution in [0.15, 0.2) is 40.9 Å². The van der Waals surface area contributed by atoms with Crippen LogP contribution in [0, 0.1) is 5.82 Å². The third kappa shape index (κ3) is 2.76. The third-order valence-electron chi connectivity index (χ3n) is 3.59. The van der Waals surface area contributed by atoms with E-state index in [1.54, 1.807) is 37.4 Å². The van der Waals surface area contributed by atoms with Crippen molar-refractivity contribution in [3.05, 3.63) is 57.8 Å². The Morgan fingerprint density at radius 2 is 2.05 bits per heavy atom. The SMILES string of the molecule is COc1ccc2c(c1)OC(c1cc(Br)ccc1F)C[C@@H]2O. The van der Waals surface area contributed by atoms with Gasteiger partial charge in [0.2, 0.25) is 0 Å². The minimum atomic E-state index is -0.692. The van der Waals surface area contributed by atoms with Crippen LogP contribution in [0.1, 0.15) is 29.8 Å². The van der Waals surface area contributed by atoms with Gasteiger partial charge in [-0.25, -0.2) is 4.39 Å². The Hall–Kier alpha value is -1.59. The smallest absolute Gasteiger partial charge is 0.130 e. The van der Waals surface area contributed by atoms with Crippen molar-refractivity contribution in [1.29, 1.82) is 0 Å². The molecule has 0 aromatic heterocycles. The van der Waals surface area contributed by atoms with E-state index >= 15 is 0 Å². The monoisotopic (exact) mass is 352 g/mol. The summed E-state index contributed by atoms with van der Waals surface area (Å²) < 4.78 is 25.8. The first-order valence-electron chi connectivity index (χ1n) is 6.56. The molecule has 1 N–H and O–H groups in total. The van der Waals surface area contributed by atoms with E-state index in [2.05, 4.69) is 15.9 Å². The molecular weight excluding hydrogens is 339 g/mol. The molecule has 1 heterocycles. The summed E-state index contributed by atoms with van der Waals surface area (Å²) in [4.78, 5) is 0. The molecule has 0 aliphatic carbocycles. The highest BCUT2D eigenvalue weighted by Gasteiger charge is 2.30. The maximum atomic E-state index is 14.0. The predicted molar refractivity (Wildman–Crippen MR) is 80.0 cm³/mol. The molecule has 2 aromatic rings. The molecule has 2 aromatic carbocycles. The molecule has 0 fully saturated rings. The van der Waals surface area contributed by atoms with Gasteiger partial charge in [0.1, 0.15) is 23.4 Å². The second-order valence-electron chi connectivity index (χ2n) is 4.93. The topological polar surface area (TPSA) is 38.7 Å². The first-order chi connectivity index (χ1) is 10.1. The van der Waals surface area contributed by atoms with Crippen LogP contribution in [0.4, 0.5) is 4.39 Å². The maximum Gasteiger partial charge on any atom is 0.130 e. The van der Waals surface area contributed by atoms with Gasteiger partial charge in [-0.1, -0.05) is 15.9 Å². The molecule has 110 valence electrons. The number of methoxy groups -OCH3 is 1. The van der Waals surface area contributed by atoms with Crippen molar-refractivity contribution in [2.45, 2.75) is 18.6 Å². The summed E-state index contributed by atoms with van der Waals surface area (Å²) in [6.07, 6.45) is -0.910. The van der Waals surface area contributed by atoms with Crippen molar-refractivity contribution in [3.63, 3.8) is 0 Å². The second kappa shape index (κ2) is 5.66. The zero-order valence-corrected chi connectivity index (χ0v) is 12.9. The average molecular weight is 353 g/mol. The fourth-order valence-electron chi connectivity index (χ4n) is 2.50. The van der Waals surface area contributed by atoms with Crippen molar-refractivity contribution in [1.82, 2.24) is 0 Å². The zero-order chi connectivity index (χ0) is 15.0. The largest absolute Gasteiger partial charge is 0.497 e. The van der Waals surface area contributed by atoms with Gasteiger partial charge in [0.25, 0.3) is 0 Å². The van der Waals surface area contributed by atoms with E-state index in [9.17, 15) is 9.50 Å². The van der Waals surface area contributed by atoms with Crippen LogP contribution in [0.5, 0.6) is 11.5 Å². The number of halogens is 2. The molecule has 2 atom stereocenters. The van der Waals surface area contributed by atoms with E-state index in [1.807, 2.05) is 0 Å². The van der Waals surface area contributed by atoms with Crippen LogP contribution < -0.4 is 9.47 Å². The fourth-order valence-corrected chi connectivity index (χ4v) is 2.88. The molecule has 0 bridgehead atoms. The molecule has 0 spiro atoms. The Labute approximate surface area is 130 Å². The van der Waals surface area contributed by atoms with Crippen LogP contribution in [0.2, 0.25) is 0 Å². The van der Waals surface area contributed by atoms with Crippen LogP contribution >= 0.6 is 15.9 Å². The van der Waals surface area contributed by atoms with Crippen molar-refractivity contribution >= 4 is 15.9 Å². The van der Waals surface area contributed by atoms with Crippen molar-refractivity contribution in [2.75, 3.05) is 7.11 Å². The predicted octanol–water partition coefficient (Wildman–Crippen LogP) is 4.15. The first kappa shape index (κ1) is 14.4. The van der Waals surface area contributed by atoms with E-state index in [0.29, 0.717) is 29.0 Å². The molecule has 21 heavy (non-hydrogen) atoms. The summed E-state index contributed by atoms with van der Waals surface area (Å²) >= 11 is 3.33. The Kier molecular flexibility index (Phi) is 3.87. The molecular formula is C16H14BrFO3. The minimum Gasteiger partial charge on any atom is -0.497 e. The lowest BCUT2D eigenvalue weighted by molar-refractivity contribution is 0.0637. The number of hydrogen-bond acceptors (Lipinski definition) is 3. The van der Waals surface area contributed by atoms with E-state index in [-0.39, 0.29) is 5.82 Å². The molecule has 1 aliphatic heterocycles. The molecule has 1 aliphatic rings. The molecule has 5 heteroatoms. The van der Waals surface area contributed by atoms with Gasteiger partial charge in [-0.3, -0.25) is 0 Å². The summed E-state index contributed by atoms with van der Waals surface area (Å²) in [6.45, 7) is 0. The van der Waals surface area contributed by atoms with Gasteiger partial charge in [0.05, 0.1) is 13.2 Å². The van der Waals surface area contributed by atoms with Gasteiger partial charge >= 0.3 is 0 Å². The highest BCUT2D eigenvalue weighted by molar-refractivity contribution is 9.10. The number of rotatable bonds is 2. The lowest BCUT2D eigenvalue weighted by Crippen LogP contribution is -2.20. The lowest BCUT2D eigenvalue weighted by Gasteiger charge is -2.30. The van der Waals surface area contributed by atoms with Crippen LogP contribution in [-0.4, -0.2) is 12.2 Å². The number of benzene rings is 2. The summed E-state index contributed by atoms with van der Waals surface area (Å²) in [6, 6.07) is 9.95. The molecule has 1 unspecified atom stereocenters. The van der Waals surface area contributed by atoms with Crippen molar-refractivity contribution in [3.8, 4) is 11.5 Å². The van der Waals surface area contributed by atoms with Gasteiger partial charge in [-0.2, -0.15) is 0 Å². The molecule has 0 radical (unpaired) electrons.